The normalized spacial score (nSPS) is 16.0. The Morgan fingerprint density at radius 2 is 1.41 bits per heavy atom. The zero-order valence-electron chi connectivity index (χ0n) is 19.2. The Morgan fingerprint density at radius 3 is 1.97 bits per heavy atom. The maximum atomic E-state index is 13.1. The molecule has 1 saturated heterocycles. The van der Waals surface area contributed by atoms with Gasteiger partial charge in [-0.2, -0.15) is 26.3 Å². The number of alkyl halides is 6. The number of amides is 3. The largest absolute Gasteiger partial charge is 0.416 e. The molecule has 0 saturated carbocycles. The maximum absolute atomic E-state index is 13.1. The van der Waals surface area contributed by atoms with Crippen LogP contribution in [-0.2, 0) is 17.1 Å². The SMILES string of the molecule is O=C(NCCCNC(=O)[C@H]1CCCN1C(=O)c1cc(C(F)(F)F)cc(C(F)(F)F)c1)c1ccc(F)cc1. The molecule has 1 atom stereocenters. The fourth-order valence-electron chi connectivity index (χ4n) is 3.85. The minimum Gasteiger partial charge on any atom is -0.354 e. The average molecular weight is 533 g/mol. The minimum absolute atomic E-state index is 0.0117. The molecule has 0 radical (unpaired) electrons. The third-order valence-corrected chi connectivity index (χ3v) is 5.70. The number of benzene rings is 2. The van der Waals surface area contributed by atoms with Gasteiger partial charge in [-0.1, -0.05) is 0 Å². The van der Waals surface area contributed by atoms with E-state index >= 15 is 0 Å². The van der Waals surface area contributed by atoms with Crippen LogP contribution in [0.25, 0.3) is 0 Å². The Kier molecular flexibility index (Phi) is 8.44. The molecule has 2 aromatic rings. The summed E-state index contributed by atoms with van der Waals surface area (Å²) in [5, 5.41) is 5.14. The van der Waals surface area contributed by atoms with Gasteiger partial charge in [0.05, 0.1) is 11.1 Å². The van der Waals surface area contributed by atoms with E-state index in [1.54, 1.807) is 0 Å². The lowest BCUT2D eigenvalue weighted by atomic mass is 10.0. The third-order valence-electron chi connectivity index (χ3n) is 5.70. The van der Waals surface area contributed by atoms with Gasteiger partial charge in [0.15, 0.2) is 0 Å². The Balaban J connectivity index is 1.59. The molecule has 13 heteroatoms. The first-order valence-electron chi connectivity index (χ1n) is 11.2. The lowest BCUT2D eigenvalue weighted by molar-refractivity contribution is -0.143. The Morgan fingerprint density at radius 1 is 0.838 bits per heavy atom. The van der Waals surface area contributed by atoms with Crippen LogP contribution in [0.3, 0.4) is 0 Å². The number of carbonyl (C=O) groups excluding carboxylic acids is 3. The van der Waals surface area contributed by atoms with Crippen LogP contribution < -0.4 is 10.6 Å². The number of nitrogens with zero attached hydrogens (tertiary/aromatic N) is 1. The summed E-state index contributed by atoms with van der Waals surface area (Å²) < 4.78 is 91.8. The molecule has 1 aliphatic rings. The van der Waals surface area contributed by atoms with Gasteiger partial charge in [0.25, 0.3) is 11.8 Å². The van der Waals surface area contributed by atoms with Gasteiger partial charge in [-0.15, -0.1) is 0 Å². The molecule has 3 amide bonds. The van der Waals surface area contributed by atoms with Crippen LogP contribution in [0.1, 0.15) is 51.1 Å². The van der Waals surface area contributed by atoms with Crippen molar-refractivity contribution >= 4 is 17.7 Å². The Hall–Kier alpha value is -3.64. The summed E-state index contributed by atoms with van der Waals surface area (Å²) in [7, 11) is 0. The number of nitrogens with one attached hydrogen (secondary N) is 2. The predicted octanol–water partition coefficient (Wildman–Crippen LogP) is 4.40. The smallest absolute Gasteiger partial charge is 0.354 e. The second-order valence-corrected chi connectivity index (χ2v) is 8.36. The monoisotopic (exact) mass is 533 g/mol. The molecule has 0 spiro atoms. The van der Waals surface area contributed by atoms with Crippen molar-refractivity contribution in [3.05, 3.63) is 70.5 Å². The molecule has 3 rings (SSSR count). The van der Waals surface area contributed by atoms with Crippen molar-refractivity contribution in [2.45, 2.75) is 37.7 Å². The molecular weight excluding hydrogens is 511 g/mol. The van der Waals surface area contributed by atoms with Crippen molar-refractivity contribution in [1.82, 2.24) is 15.5 Å². The van der Waals surface area contributed by atoms with Crippen molar-refractivity contribution in [2.75, 3.05) is 19.6 Å². The minimum atomic E-state index is -5.11. The van der Waals surface area contributed by atoms with E-state index in [9.17, 15) is 45.1 Å². The number of halogens is 7. The zero-order valence-corrected chi connectivity index (χ0v) is 19.2. The van der Waals surface area contributed by atoms with E-state index in [2.05, 4.69) is 10.6 Å². The summed E-state index contributed by atoms with van der Waals surface area (Å²) in [6.07, 6.45) is -9.40. The highest BCUT2D eigenvalue weighted by Crippen LogP contribution is 2.37. The standard InChI is InChI=1S/C24H22F7N3O3/c25-18-6-4-14(5-7-18)20(35)32-8-2-9-33-21(36)19-3-1-10-34(19)22(37)15-11-16(23(26,27)28)13-17(12-15)24(29,30)31/h4-7,11-13,19H,1-3,8-10H2,(H,32,35)(H,33,36)/t19-/m1/s1. The fourth-order valence-corrected chi connectivity index (χ4v) is 3.85. The molecule has 0 bridgehead atoms. The van der Waals surface area contributed by atoms with Crippen LogP contribution in [-0.4, -0.2) is 48.3 Å². The van der Waals surface area contributed by atoms with Gasteiger partial charge in [-0.05, 0) is 61.7 Å². The van der Waals surface area contributed by atoms with Crippen LogP contribution in [0.2, 0.25) is 0 Å². The van der Waals surface area contributed by atoms with E-state index in [1.807, 2.05) is 0 Å². The number of hydrogen-bond donors (Lipinski definition) is 2. The van der Waals surface area contributed by atoms with Gasteiger partial charge >= 0.3 is 12.4 Å². The van der Waals surface area contributed by atoms with E-state index in [4.69, 9.17) is 0 Å². The first-order chi connectivity index (χ1) is 17.3. The lowest BCUT2D eigenvalue weighted by Gasteiger charge is -2.25. The molecule has 0 unspecified atom stereocenters. The summed E-state index contributed by atoms with van der Waals surface area (Å²) in [4.78, 5) is 38.4. The number of rotatable bonds is 7. The lowest BCUT2D eigenvalue weighted by Crippen LogP contribution is -2.46. The van der Waals surface area contributed by atoms with E-state index in [-0.39, 0.29) is 37.7 Å². The van der Waals surface area contributed by atoms with Crippen LogP contribution in [0, 0.1) is 5.82 Å². The van der Waals surface area contributed by atoms with Crippen LogP contribution >= 0.6 is 0 Å². The predicted molar refractivity (Wildman–Crippen MR) is 117 cm³/mol. The van der Waals surface area contributed by atoms with Crippen molar-refractivity contribution < 1.29 is 45.1 Å². The van der Waals surface area contributed by atoms with Crippen LogP contribution in [0.4, 0.5) is 30.7 Å². The van der Waals surface area contributed by atoms with E-state index in [1.165, 1.54) is 12.1 Å². The summed E-state index contributed by atoms with van der Waals surface area (Å²) in [6, 6.07) is 4.43. The quantitative estimate of drug-likeness (QED) is 0.409. The van der Waals surface area contributed by atoms with Crippen molar-refractivity contribution in [3.8, 4) is 0 Å². The van der Waals surface area contributed by atoms with Crippen LogP contribution in [0.15, 0.2) is 42.5 Å². The Bertz CT molecular complexity index is 1120. The highest BCUT2D eigenvalue weighted by molar-refractivity contribution is 5.98. The van der Waals surface area contributed by atoms with Crippen molar-refractivity contribution in [1.29, 1.82) is 0 Å². The molecule has 6 nitrogen and oxygen atoms in total. The third kappa shape index (κ3) is 7.20. The van der Waals surface area contributed by atoms with Gasteiger partial charge in [0, 0.05) is 30.8 Å². The van der Waals surface area contributed by atoms with Gasteiger partial charge in [-0.25, -0.2) is 4.39 Å². The van der Waals surface area contributed by atoms with Crippen molar-refractivity contribution in [3.63, 3.8) is 0 Å². The fraction of sp³-hybridized carbons (Fsp3) is 0.375. The molecule has 200 valence electrons. The maximum Gasteiger partial charge on any atom is 0.416 e. The molecular formula is C24H22F7N3O3. The molecule has 2 aromatic carbocycles. The number of carbonyl (C=O) groups is 3. The number of hydrogen-bond acceptors (Lipinski definition) is 3. The summed E-state index contributed by atoms with van der Waals surface area (Å²) in [6.45, 7) is 0.235. The topological polar surface area (TPSA) is 78.5 Å². The van der Waals surface area contributed by atoms with Gasteiger partial charge < -0.3 is 15.5 Å². The molecule has 1 aliphatic heterocycles. The van der Waals surface area contributed by atoms with Gasteiger partial charge in [0.1, 0.15) is 11.9 Å². The van der Waals surface area contributed by atoms with E-state index in [0.717, 1.165) is 17.0 Å². The van der Waals surface area contributed by atoms with Crippen molar-refractivity contribution in [2.24, 2.45) is 0 Å². The second kappa shape index (κ2) is 11.2. The highest BCUT2D eigenvalue weighted by Gasteiger charge is 2.40. The molecule has 0 aromatic heterocycles. The molecule has 37 heavy (non-hydrogen) atoms. The summed E-state index contributed by atoms with van der Waals surface area (Å²) in [5.74, 6) is -2.66. The number of likely N-dealkylation sites (tertiary alicyclic amines) is 1. The molecule has 1 fully saturated rings. The average Bonchev–Trinajstić information content (AvgIpc) is 3.32. The Labute approximate surface area is 206 Å². The van der Waals surface area contributed by atoms with Gasteiger partial charge in [-0.3, -0.25) is 14.4 Å². The first kappa shape index (κ1) is 27.9. The van der Waals surface area contributed by atoms with Gasteiger partial charge in [0.2, 0.25) is 5.91 Å². The zero-order chi connectivity index (χ0) is 27.4. The second-order valence-electron chi connectivity index (χ2n) is 8.36. The molecule has 1 heterocycles. The summed E-state index contributed by atoms with van der Waals surface area (Å²) >= 11 is 0. The molecule has 2 N–H and O–H groups in total. The van der Waals surface area contributed by atoms with E-state index < -0.39 is 58.6 Å². The highest BCUT2D eigenvalue weighted by atomic mass is 19.4. The first-order valence-corrected chi connectivity index (χ1v) is 11.2. The summed E-state index contributed by atoms with van der Waals surface area (Å²) in [5.41, 5.74) is -3.80. The van der Waals surface area contributed by atoms with Crippen LogP contribution in [0.5, 0.6) is 0 Å². The molecule has 0 aliphatic carbocycles. The van der Waals surface area contributed by atoms with E-state index in [0.29, 0.717) is 25.0 Å².